The quantitative estimate of drug-likeness (QED) is 0.927. The third-order valence-corrected chi connectivity index (χ3v) is 5.25. The van der Waals surface area contributed by atoms with Crippen LogP contribution in [0.4, 0.5) is 0 Å². The molecule has 0 spiro atoms. The van der Waals surface area contributed by atoms with E-state index in [1.807, 2.05) is 19.1 Å². The highest BCUT2D eigenvalue weighted by Crippen LogP contribution is 2.30. The number of aryl methyl sites for hydroxylation is 2. The largest absolute Gasteiger partial charge is 0.330 e. The molecule has 2 saturated heterocycles. The molecule has 3 heterocycles. The minimum atomic E-state index is 0.183. The van der Waals surface area contributed by atoms with Crippen molar-refractivity contribution in [2.24, 2.45) is 0 Å². The van der Waals surface area contributed by atoms with Gasteiger partial charge in [0.2, 0.25) is 0 Å². The molecule has 0 unspecified atom stereocenters. The predicted molar refractivity (Wildman–Crippen MR) is 91.7 cm³/mol. The van der Waals surface area contributed by atoms with Crippen molar-refractivity contribution in [1.82, 2.24) is 15.2 Å². The van der Waals surface area contributed by atoms with Gasteiger partial charge in [-0.15, -0.1) is 0 Å². The Morgan fingerprint density at radius 2 is 2.00 bits per heavy atom. The van der Waals surface area contributed by atoms with Gasteiger partial charge in [-0.2, -0.15) is 0 Å². The summed E-state index contributed by atoms with van der Waals surface area (Å²) in [5, 5.41) is 4.44. The monoisotopic (exact) mass is 309 g/mol. The number of nitrogens with zero attached hydrogens (tertiary/aromatic N) is 2. The number of carbonyl (C=O) groups is 1. The summed E-state index contributed by atoms with van der Waals surface area (Å²) in [5.41, 5.74) is 3.91. The van der Waals surface area contributed by atoms with E-state index in [1.165, 1.54) is 5.56 Å². The van der Waals surface area contributed by atoms with Gasteiger partial charge in [0.25, 0.3) is 5.91 Å². The fourth-order valence-corrected chi connectivity index (χ4v) is 4.05. The van der Waals surface area contributed by atoms with Crippen LogP contribution in [0.25, 0.3) is 10.9 Å². The van der Waals surface area contributed by atoms with Crippen LogP contribution in [0.5, 0.6) is 0 Å². The molecule has 4 rings (SSSR count). The molecule has 2 aromatic rings. The van der Waals surface area contributed by atoms with E-state index < -0.39 is 0 Å². The van der Waals surface area contributed by atoms with E-state index >= 15 is 0 Å². The Morgan fingerprint density at radius 3 is 2.70 bits per heavy atom. The summed E-state index contributed by atoms with van der Waals surface area (Å²) in [4.78, 5) is 20.0. The molecule has 23 heavy (non-hydrogen) atoms. The summed E-state index contributed by atoms with van der Waals surface area (Å²) in [6.45, 7) is 5.95. The predicted octanol–water partition coefficient (Wildman–Crippen LogP) is 2.68. The van der Waals surface area contributed by atoms with E-state index in [1.54, 1.807) is 0 Å². The lowest BCUT2D eigenvalue weighted by Crippen LogP contribution is -2.54. The normalized spacial score (nSPS) is 23.5. The third-order valence-electron chi connectivity index (χ3n) is 5.25. The van der Waals surface area contributed by atoms with Crippen molar-refractivity contribution in [2.45, 2.75) is 45.2 Å². The molecule has 0 aliphatic carbocycles. The van der Waals surface area contributed by atoms with Crippen molar-refractivity contribution in [3.63, 3.8) is 0 Å². The van der Waals surface area contributed by atoms with Gasteiger partial charge in [0, 0.05) is 36.3 Å². The molecule has 0 radical (unpaired) electrons. The van der Waals surface area contributed by atoms with Crippen molar-refractivity contribution >= 4 is 16.8 Å². The van der Waals surface area contributed by atoms with E-state index in [2.05, 4.69) is 34.3 Å². The van der Waals surface area contributed by atoms with Crippen molar-refractivity contribution in [3.8, 4) is 0 Å². The number of aromatic nitrogens is 1. The fourth-order valence-electron chi connectivity index (χ4n) is 4.05. The zero-order valence-corrected chi connectivity index (χ0v) is 13.8. The number of benzene rings is 1. The number of pyridine rings is 1. The molecule has 4 heteroatoms. The highest BCUT2D eigenvalue weighted by atomic mass is 16.2. The Bertz CT molecular complexity index is 755. The molecule has 2 aliphatic rings. The molecule has 2 aliphatic heterocycles. The third kappa shape index (κ3) is 2.41. The lowest BCUT2D eigenvalue weighted by atomic mass is 10.0. The van der Waals surface area contributed by atoms with Gasteiger partial charge in [0.05, 0.1) is 11.1 Å². The van der Waals surface area contributed by atoms with Crippen molar-refractivity contribution in [2.75, 3.05) is 13.1 Å². The number of amides is 1. The number of carbonyl (C=O) groups excluding carboxylic acids is 1. The Labute approximate surface area is 136 Å². The summed E-state index contributed by atoms with van der Waals surface area (Å²) in [7, 11) is 0. The maximum absolute atomic E-state index is 13.3. The first kappa shape index (κ1) is 14.6. The maximum atomic E-state index is 13.3. The molecular formula is C19H23N3O. The molecule has 2 bridgehead atoms. The molecule has 1 aromatic heterocycles. The van der Waals surface area contributed by atoms with Crippen molar-refractivity contribution in [1.29, 1.82) is 0 Å². The second-order valence-corrected chi connectivity index (χ2v) is 6.77. The maximum Gasteiger partial charge on any atom is 0.255 e. The molecule has 0 saturated carbocycles. The van der Waals surface area contributed by atoms with Crippen LogP contribution in [-0.2, 0) is 6.42 Å². The summed E-state index contributed by atoms with van der Waals surface area (Å²) in [5.74, 6) is 0.183. The van der Waals surface area contributed by atoms with E-state index in [0.29, 0.717) is 12.1 Å². The highest BCUT2D eigenvalue weighted by molar-refractivity contribution is 6.06. The number of hydrogen-bond donors (Lipinski definition) is 1. The smallest absolute Gasteiger partial charge is 0.255 e. The first-order valence-electron chi connectivity index (χ1n) is 8.61. The van der Waals surface area contributed by atoms with E-state index in [4.69, 9.17) is 0 Å². The van der Waals surface area contributed by atoms with Gasteiger partial charge < -0.3 is 10.2 Å². The Hall–Kier alpha value is -1.94. The summed E-state index contributed by atoms with van der Waals surface area (Å²) in [6, 6.07) is 8.95. The van der Waals surface area contributed by atoms with Gasteiger partial charge in [-0.05, 0) is 49.9 Å². The summed E-state index contributed by atoms with van der Waals surface area (Å²) in [6.07, 6.45) is 3.20. The van der Waals surface area contributed by atoms with Crippen LogP contribution in [0.2, 0.25) is 0 Å². The van der Waals surface area contributed by atoms with Crippen LogP contribution in [0.15, 0.2) is 24.3 Å². The molecule has 2 atom stereocenters. The van der Waals surface area contributed by atoms with E-state index in [0.717, 1.165) is 54.5 Å². The van der Waals surface area contributed by atoms with Gasteiger partial charge >= 0.3 is 0 Å². The lowest BCUT2D eigenvalue weighted by Gasteiger charge is -2.35. The molecule has 1 aromatic carbocycles. The average molecular weight is 309 g/mol. The number of piperazine rings is 1. The zero-order chi connectivity index (χ0) is 16.0. The average Bonchev–Trinajstić information content (AvgIpc) is 2.81. The first-order valence-corrected chi connectivity index (χ1v) is 8.61. The van der Waals surface area contributed by atoms with Crippen LogP contribution in [0, 0.1) is 6.92 Å². The zero-order valence-electron chi connectivity index (χ0n) is 13.8. The van der Waals surface area contributed by atoms with Crippen LogP contribution in [0.3, 0.4) is 0 Å². The molecule has 4 nitrogen and oxygen atoms in total. The molecule has 1 N–H and O–H groups in total. The van der Waals surface area contributed by atoms with Crippen LogP contribution < -0.4 is 5.32 Å². The van der Waals surface area contributed by atoms with Gasteiger partial charge in [-0.1, -0.05) is 13.0 Å². The van der Waals surface area contributed by atoms with Gasteiger partial charge in [0.1, 0.15) is 0 Å². The van der Waals surface area contributed by atoms with Crippen LogP contribution in [0.1, 0.15) is 41.4 Å². The Balaban J connectivity index is 1.82. The van der Waals surface area contributed by atoms with Gasteiger partial charge in [-0.3, -0.25) is 9.78 Å². The summed E-state index contributed by atoms with van der Waals surface area (Å²) < 4.78 is 0. The summed E-state index contributed by atoms with van der Waals surface area (Å²) >= 11 is 0. The molecule has 2 fully saturated rings. The Morgan fingerprint density at radius 1 is 1.26 bits per heavy atom. The number of hydrogen-bond acceptors (Lipinski definition) is 3. The molecule has 120 valence electrons. The van der Waals surface area contributed by atoms with Crippen molar-refractivity contribution in [3.05, 3.63) is 41.1 Å². The fraction of sp³-hybridized carbons (Fsp3) is 0.474. The second-order valence-electron chi connectivity index (χ2n) is 6.77. The topological polar surface area (TPSA) is 45.2 Å². The van der Waals surface area contributed by atoms with Crippen LogP contribution in [-0.4, -0.2) is 41.0 Å². The second kappa shape index (κ2) is 5.60. The first-order chi connectivity index (χ1) is 11.2. The van der Waals surface area contributed by atoms with Crippen molar-refractivity contribution < 1.29 is 4.79 Å². The number of rotatable bonds is 2. The lowest BCUT2D eigenvalue weighted by molar-refractivity contribution is 0.0621. The Kier molecular flexibility index (Phi) is 3.57. The highest BCUT2D eigenvalue weighted by Gasteiger charge is 2.40. The van der Waals surface area contributed by atoms with E-state index in [9.17, 15) is 4.79 Å². The number of nitrogens with one attached hydrogen (secondary N) is 1. The van der Waals surface area contributed by atoms with Crippen LogP contribution >= 0.6 is 0 Å². The SMILES string of the molecule is CCc1ccc2nc(C)cc(C(=O)N3[C@@H]4CC[C@H]3CNC4)c2c1. The standard InChI is InChI=1S/C19H23N3O/c1-3-13-4-7-18-16(9-13)17(8-12(2)21-18)19(23)22-14-5-6-15(22)11-20-10-14/h4,7-9,14-15,20H,3,5-6,10-11H2,1-2H3/t14-,15+. The number of fused-ring (bicyclic) bond motifs is 3. The molecular weight excluding hydrogens is 286 g/mol. The van der Waals surface area contributed by atoms with Gasteiger partial charge in [0.15, 0.2) is 0 Å². The molecule has 1 amide bonds. The minimum Gasteiger partial charge on any atom is -0.330 e. The van der Waals surface area contributed by atoms with Gasteiger partial charge in [-0.25, -0.2) is 0 Å². The minimum absolute atomic E-state index is 0.183. The van der Waals surface area contributed by atoms with E-state index in [-0.39, 0.29) is 5.91 Å².